The van der Waals surface area contributed by atoms with E-state index in [1.165, 1.54) is 0 Å². The van der Waals surface area contributed by atoms with E-state index < -0.39 is 10.0 Å². The fourth-order valence-electron chi connectivity index (χ4n) is 2.81. The molecule has 0 unspecified atom stereocenters. The minimum absolute atomic E-state index is 0.0578. The maximum Gasteiger partial charge on any atom is 0.209 e. The lowest BCUT2D eigenvalue weighted by atomic mass is 10.2. The predicted octanol–water partition coefficient (Wildman–Crippen LogP) is -0.692. The SMILES string of the molecule is Cc1nnc(CN(C)[C@@H]2CCN(CCCS(N)(=O)=O)C2)n1C. The van der Waals surface area contributed by atoms with Crippen molar-refractivity contribution in [2.75, 3.05) is 32.4 Å². The fourth-order valence-corrected chi connectivity index (χ4v) is 3.34. The largest absolute Gasteiger partial charge is 0.317 e. The van der Waals surface area contributed by atoms with Gasteiger partial charge in [-0.2, -0.15) is 0 Å². The molecule has 1 aromatic heterocycles. The summed E-state index contributed by atoms with van der Waals surface area (Å²) in [6, 6.07) is 0.464. The van der Waals surface area contributed by atoms with Gasteiger partial charge < -0.3 is 9.47 Å². The Hall–Kier alpha value is -1.03. The van der Waals surface area contributed by atoms with E-state index in [9.17, 15) is 8.42 Å². The Labute approximate surface area is 132 Å². The second-order valence-electron chi connectivity index (χ2n) is 6.10. The van der Waals surface area contributed by atoms with Gasteiger partial charge in [-0.05, 0) is 39.9 Å². The summed E-state index contributed by atoms with van der Waals surface area (Å²) < 4.78 is 23.9. The summed E-state index contributed by atoms with van der Waals surface area (Å²) in [5.74, 6) is 1.94. The van der Waals surface area contributed by atoms with Crippen molar-refractivity contribution in [3.05, 3.63) is 11.6 Å². The van der Waals surface area contributed by atoms with Crippen molar-refractivity contribution in [3.8, 4) is 0 Å². The molecule has 22 heavy (non-hydrogen) atoms. The first-order valence-electron chi connectivity index (χ1n) is 7.54. The molecule has 0 radical (unpaired) electrons. The van der Waals surface area contributed by atoms with Crippen molar-refractivity contribution in [3.63, 3.8) is 0 Å². The summed E-state index contributed by atoms with van der Waals surface area (Å²) in [6.45, 7) is 5.45. The molecule has 0 spiro atoms. The zero-order valence-corrected chi connectivity index (χ0v) is 14.4. The first-order chi connectivity index (χ1) is 10.3. The van der Waals surface area contributed by atoms with Crippen molar-refractivity contribution >= 4 is 10.0 Å². The Morgan fingerprint density at radius 1 is 1.41 bits per heavy atom. The van der Waals surface area contributed by atoms with Crippen LogP contribution in [-0.2, 0) is 23.6 Å². The quantitative estimate of drug-likeness (QED) is 0.710. The molecule has 126 valence electrons. The Morgan fingerprint density at radius 3 is 2.73 bits per heavy atom. The molecule has 0 amide bonds. The first-order valence-corrected chi connectivity index (χ1v) is 9.26. The molecular weight excluding hydrogens is 304 g/mol. The van der Waals surface area contributed by atoms with Crippen molar-refractivity contribution in [1.82, 2.24) is 24.6 Å². The average molecular weight is 330 g/mol. The molecule has 0 aromatic carbocycles. The lowest BCUT2D eigenvalue weighted by Gasteiger charge is -2.24. The van der Waals surface area contributed by atoms with E-state index in [-0.39, 0.29) is 5.75 Å². The van der Waals surface area contributed by atoms with Gasteiger partial charge in [0.2, 0.25) is 10.0 Å². The number of hydrogen-bond acceptors (Lipinski definition) is 6. The van der Waals surface area contributed by atoms with Crippen LogP contribution in [0, 0.1) is 6.92 Å². The predicted molar refractivity (Wildman–Crippen MR) is 84.6 cm³/mol. The van der Waals surface area contributed by atoms with Gasteiger partial charge >= 0.3 is 0 Å². The maximum absolute atomic E-state index is 11.0. The lowest BCUT2D eigenvalue weighted by molar-refractivity contribution is 0.218. The third kappa shape index (κ3) is 4.73. The summed E-state index contributed by atoms with van der Waals surface area (Å²) in [7, 11) is 0.735. The third-order valence-corrected chi connectivity index (χ3v) is 5.21. The van der Waals surface area contributed by atoms with Gasteiger partial charge in [0.1, 0.15) is 11.6 Å². The van der Waals surface area contributed by atoms with E-state index in [1.54, 1.807) is 0 Å². The topological polar surface area (TPSA) is 97.3 Å². The normalized spacial score (nSPS) is 20.1. The van der Waals surface area contributed by atoms with Gasteiger partial charge in [-0.15, -0.1) is 10.2 Å². The monoisotopic (exact) mass is 330 g/mol. The van der Waals surface area contributed by atoms with Crippen LogP contribution in [0.15, 0.2) is 0 Å². The Bertz CT molecular complexity index is 600. The van der Waals surface area contributed by atoms with E-state index in [0.717, 1.165) is 44.2 Å². The molecule has 2 N–H and O–H groups in total. The molecule has 1 aromatic rings. The number of likely N-dealkylation sites (N-methyl/N-ethyl adjacent to an activating group) is 1. The molecule has 1 fully saturated rings. The van der Waals surface area contributed by atoms with Crippen LogP contribution in [0.5, 0.6) is 0 Å². The van der Waals surface area contributed by atoms with E-state index in [1.807, 2.05) is 18.5 Å². The number of nitrogens with zero attached hydrogens (tertiary/aromatic N) is 5. The van der Waals surface area contributed by atoms with E-state index in [2.05, 4.69) is 27.0 Å². The van der Waals surface area contributed by atoms with Crippen molar-refractivity contribution in [1.29, 1.82) is 0 Å². The standard InChI is InChI=1S/C13H26N6O2S/c1-11-15-16-13(18(11)3)10-17(2)12-5-7-19(9-12)6-4-8-22(14,20)21/h12H,4-10H2,1-3H3,(H2,14,20,21)/t12-/m1/s1. The summed E-state index contributed by atoms with van der Waals surface area (Å²) >= 11 is 0. The second kappa shape index (κ2) is 7.03. The molecule has 1 atom stereocenters. The van der Waals surface area contributed by atoms with Gasteiger partial charge in [0.05, 0.1) is 12.3 Å². The number of likely N-dealkylation sites (tertiary alicyclic amines) is 1. The van der Waals surface area contributed by atoms with Crippen LogP contribution < -0.4 is 5.14 Å². The Morgan fingerprint density at radius 2 is 2.14 bits per heavy atom. The van der Waals surface area contributed by atoms with Crippen LogP contribution in [0.3, 0.4) is 0 Å². The average Bonchev–Trinajstić information content (AvgIpc) is 3.00. The van der Waals surface area contributed by atoms with Crippen molar-refractivity contribution in [2.24, 2.45) is 12.2 Å². The Kier molecular flexibility index (Phi) is 5.54. The molecule has 1 aliphatic rings. The lowest BCUT2D eigenvalue weighted by Crippen LogP contribution is -2.35. The molecule has 1 saturated heterocycles. The van der Waals surface area contributed by atoms with Crippen LogP contribution in [-0.4, -0.2) is 71.5 Å². The minimum atomic E-state index is -3.34. The second-order valence-corrected chi connectivity index (χ2v) is 7.84. The van der Waals surface area contributed by atoms with Crippen molar-refractivity contribution < 1.29 is 8.42 Å². The van der Waals surface area contributed by atoms with Crippen molar-refractivity contribution in [2.45, 2.75) is 32.4 Å². The van der Waals surface area contributed by atoms with E-state index in [0.29, 0.717) is 12.5 Å². The molecule has 0 saturated carbocycles. The number of hydrogen-bond donors (Lipinski definition) is 1. The van der Waals surface area contributed by atoms with E-state index in [4.69, 9.17) is 5.14 Å². The van der Waals surface area contributed by atoms with Crippen LogP contribution in [0.1, 0.15) is 24.5 Å². The summed E-state index contributed by atoms with van der Waals surface area (Å²) in [5, 5.41) is 13.3. The molecule has 9 heteroatoms. The fraction of sp³-hybridized carbons (Fsp3) is 0.846. The van der Waals surface area contributed by atoms with Gasteiger partial charge in [-0.1, -0.05) is 0 Å². The summed E-state index contributed by atoms with van der Waals surface area (Å²) in [6.07, 6.45) is 1.68. The maximum atomic E-state index is 11.0. The zero-order chi connectivity index (χ0) is 16.3. The summed E-state index contributed by atoms with van der Waals surface area (Å²) in [4.78, 5) is 4.59. The molecule has 1 aliphatic heterocycles. The molecule has 0 aliphatic carbocycles. The van der Waals surface area contributed by atoms with Crippen LogP contribution in [0.2, 0.25) is 0 Å². The van der Waals surface area contributed by atoms with Crippen LogP contribution in [0.25, 0.3) is 0 Å². The number of aromatic nitrogens is 3. The van der Waals surface area contributed by atoms with Gasteiger partial charge in [-0.3, -0.25) is 4.90 Å². The number of aryl methyl sites for hydroxylation is 1. The zero-order valence-electron chi connectivity index (χ0n) is 13.6. The van der Waals surface area contributed by atoms with Gasteiger partial charge in [0, 0.05) is 19.6 Å². The molecule has 0 bridgehead atoms. The molecular formula is C13H26N6O2S. The minimum Gasteiger partial charge on any atom is -0.317 e. The number of nitrogens with two attached hydrogens (primary N) is 1. The van der Waals surface area contributed by atoms with Crippen LogP contribution >= 0.6 is 0 Å². The molecule has 8 nitrogen and oxygen atoms in total. The number of sulfonamides is 1. The number of primary sulfonamides is 1. The summed E-state index contributed by atoms with van der Waals surface area (Å²) in [5.41, 5.74) is 0. The highest BCUT2D eigenvalue weighted by Crippen LogP contribution is 2.16. The van der Waals surface area contributed by atoms with Crippen LogP contribution in [0.4, 0.5) is 0 Å². The molecule has 2 rings (SSSR count). The third-order valence-electron chi connectivity index (χ3n) is 4.35. The highest BCUT2D eigenvalue weighted by atomic mass is 32.2. The van der Waals surface area contributed by atoms with Gasteiger partial charge in [0.15, 0.2) is 0 Å². The van der Waals surface area contributed by atoms with E-state index >= 15 is 0 Å². The number of rotatable bonds is 7. The highest BCUT2D eigenvalue weighted by molar-refractivity contribution is 7.89. The smallest absolute Gasteiger partial charge is 0.209 e. The highest BCUT2D eigenvalue weighted by Gasteiger charge is 2.26. The van der Waals surface area contributed by atoms with Gasteiger partial charge in [-0.25, -0.2) is 13.6 Å². The first kappa shape index (κ1) is 17.3. The Balaban J connectivity index is 1.78. The molecule has 2 heterocycles. The van der Waals surface area contributed by atoms with Gasteiger partial charge in [0.25, 0.3) is 0 Å².